The predicted molar refractivity (Wildman–Crippen MR) is 102 cm³/mol. The van der Waals surface area contributed by atoms with Crippen molar-refractivity contribution in [3.8, 4) is 5.88 Å². The van der Waals surface area contributed by atoms with Gasteiger partial charge in [0.1, 0.15) is 5.69 Å². The zero-order chi connectivity index (χ0) is 18.2. The molecular weight excluding hydrogens is 358 g/mol. The highest BCUT2D eigenvalue weighted by Gasteiger charge is 2.15. The number of methoxy groups -OCH3 is 2. The van der Waals surface area contributed by atoms with Crippen molar-refractivity contribution in [2.24, 2.45) is 0 Å². The van der Waals surface area contributed by atoms with Crippen LogP contribution in [0.25, 0.3) is 0 Å². The SMILES string of the molecule is CCc1ccc(C(=O)c2ccc(SCCCOC)c(Cl)c2)nc1OC. The molecule has 0 atom stereocenters. The molecule has 1 aromatic heterocycles. The molecule has 2 rings (SSSR count). The first-order valence-electron chi connectivity index (χ1n) is 8.10. The van der Waals surface area contributed by atoms with E-state index in [0.717, 1.165) is 35.7 Å². The first-order valence-corrected chi connectivity index (χ1v) is 9.47. The van der Waals surface area contributed by atoms with Crippen LogP contribution in [0.2, 0.25) is 5.02 Å². The lowest BCUT2D eigenvalue weighted by atomic mass is 10.1. The van der Waals surface area contributed by atoms with Crippen molar-refractivity contribution < 1.29 is 14.3 Å². The van der Waals surface area contributed by atoms with E-state index in [1.54, 1.807) is 44.2 Å². The van der Waals surface area contributed by atoms with E-state index in [9.17, 15) is 4.79 Å². The van der Waals surface area contributed by atoms with Crippen molar-refractivity contribution in [3.63, 3.8) is 0 Å². The topological polar surface area (TPSA) is 48.4 Å². The predicted octanol–water partition coefficient (Wildman–Crippen LogP) is 4.67. The number of hydrogen-bond donors (Lipinski definition) is 0. The van der Waals surface area contributed by atoms with Gasteiger partial charge in [-0.15, -0.1) is 11.8 Å². The molecule has 0 aliphatic carbocycles. The molecule has 0 spiro atoms. The van der Waals surface area contributed by atoms with Gasteiger partial charge in [0.25, 0.3) is 0 Å². The number of rotatable bonds is 9. The Labute approximate surface area is 157 Å². The van der Waals surface area contributed by atoms with Gasteiger partial charge in [0.15, 0.2) is 0 Å². The van der Waals surface area contributed by atoms with Crippen molar-refractivity contribution in [3.05, 3.63) is 52.2 Å². The van der Waals surface area contributed by atoms with Gasteiger partial charge in [-0.2, -0.15) is 0 Å². The number of hydrogen-bond acceptors (Lipinski definition) is 5. The molecule has 1 heterocycles. The quantitative estimate of drug-likeness (QED) is 0.360. The number of aromatic nitrogens is 1. The molecule has 0 aliphatic rings. The van der Waals surface area contributed by atoms with Crippen LogP contribution in [-0.2, 0) is 11.2 Å². The van der Waals surface area contributed by atoms with Crippen LogP contribution in [0.4, 0.5) is 0 Å². The van der Waals surface area contributed by atoms with E-state index in [4.69, 9.17) is 21.1 Å². The van der Waals surface area contributed by atoms with Crippen molar-refractivity contribution in [1.29, 1.82) is 0 Å². The fourth-order valence-electron chi connectivity index (χ4n) is 2.33. The highest BCUT2D eigenvalue weighted by molar-refractivity contribution is 7.99. The highest BCUT2D eigenvalue weighted by Crippen LogP contribution is 2.29. The molecule has 134 valence electrons. The van der Waals surface area contributed by atoms with Crippen LogP contribution in [0.5, 0.6) is 5.88 Å². The molecule has 0 bridgehead atoms. The van der Waals surface area contributed by atoms with Crippen LogP contribution in [0.1, 0.15) is 35.0 Å². The number of halogens is 1. The number of ether oxygens (including phenoxy) is 2. The van der Waals surface area contributed by atoms with Crippen molar-refractivity contribution in [1.82, 2.24) is 4.98 Å². The Balaban J connectivity index is 2.15. The third-order valence-electron chi connectivity index (χ3n) is 3.69. The Bertz CT molecular complexity index is 737. The number of thioether (sulfide) groups is 1. The summed E-state index contributed by atoms with van der Waals surface area (Å²) in [5.74, 6) is 1.24. The summed E-state index contributed by atoms with van der Waals surface area (Å²) < 4.78 is 10.3. The molecule has 2 aromatic rings. The van der Waals surface area contributed by atoms with Gasteiger partial charge in [0.2, 0.25) is 11.7 Å². The highest BCUT2D eigenvalue weighted by atomic mass is 35.5. The normalized spacial score (nSPS) is 10.7. The monoisotopic (exact) mass is 379 g/mol. The van der Waals surface area contributed by atoms with E-state index >= 15 is 0 Å². The summed E-state index contributed by atoms with van der Waals surface area (Å²) in [4.78, 5) is 18.0. The maximum atomic E-state index is 12.7. The second kappa shape index (κ2) is 9.80. The molecule has 0 amide bonds. The minimum absolute atomic E-state index is 0.168. The Morgan fingerprint density at radius 3 is 2.68 bits per heavy atom. The summed E-state index contributed by atoms with van der Waals surface area (Å²) in [5.41, 5.74) is 1.84. The standard InChI is InChI=1S/C19H22ClNO3S/c1-4-13-6-8-16(21-19(13)24-3)18(22)14-7-9-17(15(20)12-14)25-11-5-10-23-2/h6-9,12H,4-5,10-11H2,1-3H3. The number of ketones is 1. The van der Waals surface area contributed by atoms with Crippen molar-refractivity contribution >= 4 is 29.1 Å². The van der Waals surface area contributed by atoms with Gasteiger partial charge < -0.3 is 9.47 Å². The van der Waals surface area contributed by atoms with Crippen LogP contribution in [0, 0.1) is 0 Å². The molecule has 0 N–H and O–H groups in total. The second-order valence-electron chi connectivity index (χ2n) is 5.39. The van der Waals surface area contributed by atoms with Crippen LogP contribution in [0.3, 0.4) is 0 Å². The molecular formula is C19H22ClNO3S. The Morgan fingerprint density at radius 2 is 2.04 bits per heavy atom. The first-order chi connectivity index (χ1) is 12.1. The fourth-order valence-corrected chi connectivity index (χ4v) is 3.52. The number of benzene rings is 1. The minimum atomic E-state index is -0.168. The number of carbonyl (C=O) groups is 1. The summed E-state index contributed by atoms with van der Waals surface area (Å²) >= 11 is 7.99. The van der Waals surface area contributed by atoms with E-state index in [0.29, 0.717) is 22.2 Å². The van der Waals surface area contributed by atoms with E-state index < -0.39 is 0 Å². The molecule has 6 heteroatoms. The Hall–Kier alpha value is -1.56. The maximum absolute atomic E-state index is 12.7. The average Bonchev–Trinajstić information content (AvgIpc) is 2.65. The molecule has 0 radical (unpaired) electrons. The van der Waals surface area contributed by atoms with E-state index in [-0.39, 0.29) is 5.78 Å². The summed E-state index contributed by atoms with van der Waals surface area (Å²) in [6.07, 6.45) is 1.75. The van der Waals surface area contributed by atoms with Crippen LogP contribution < -0.4 is 4.74 Å². The van der Waals surface area contributed by atoms with Gasteiger partial charge in [0.05, 0.1) is 12.1 Å². The van der Waals surface area contributed by atoms with E-state index in [2.05, 4.69) is 4.98 Å². The van der Waals surface area contributed by atoms with Gasteiger partial charge in [0, 0.05) is 35.5 Å². The first kappa shape index (κ1) is 19.8. The Morgan fingerprint density at radius 1 is 1.24 bits per heavy atom. The average molecular weight is 380 g/mol. The molecule has 25 heavy (non-hydrogen) atoms. The van der Waals surface area contributed by atoms with Gasteiger partial charge in [-0.3, -0.25) is 4.79 Å². The van der Waals surface area contributed by atoms with Gasteiger partial charge in [-0.1, -0.05) is 24.6 Å². The third kappa shape index (κ3) is 5.21. The third-order valence-corrected chi connectivity index (χ3v) is 5.27. The smallest absolute Gasteiger partial charge is 0.216 e. The number of pyridine rings is 1. The van der Waals surface area contributed by atoms with Gasteiger partial charge in [-0.25, -0.2) is 4.98 Å². The summed E-state index contributed by atoms with van der Waals surface area (Å²) in [7, 11) is 3.25. The second-order valence-corrected chi connectivity index (χ2v) is 6.93. The molecule has 0 unspecified atom stereocenters. The van der Waals surface area contributed by atoms with Gasteiger partial charge >= 0.3 is 0 Å². The molecule has 0 fully saturated rings. The number of carbonyl (C=O) groups excluding carboxylic acids is 1. The molecule has 0 saturated heterocycles. The largest absolute Gasteiger partial charge is 0.481 e. The van der Waals surface area contributed by atoms with E-state index in [1.807, 2.05) is 19.1 Å². The summed E-state index contributed by atoms with van der Waals surface area (Å²) in [5, 5.41) is 0.574. The fraction of sp³-hybridized carbons (Fsp3) is 0.368. The summed E-state index contributed by atoms with van der Waals surface area (Å²) in [6.45, 7) is 2.74. The van der Waals surface area contributed by atoms with Crippen molar-refractivity contribution in [2.45, 2.75) is 24.7 Å². The molecule has 0 saturated carbocycles. The number of aryl methyl sites for hydroxylation is 1. The summed E-state index contributed by atoms with van der Waals surface area (Å²) in [6, 6.07) is 8.97. The Kier molecular flexibility index (Phi) is 7.75. The lowest BCUT2D eigenvalue weighted by Crippen LogP contribution is -2.06. The van der Waals surface area contributed by atoms with Crippen LogP contribution >= 0.6 is 23.4 Å². The lowest BCUT2D eigenvalue weighted by Gasteiger charge is -2.09. The van der Waals surface area contributed by atoms with Gasteiger partial charge in [-0.05, 0) is 37.1 Å². The number of nitrogens with zero attached hydrogens (tertiary/aromatic N) is 1. The minimum Gasteiger partial charge on any atom is -0.481 e. The lowest BCUT2D eigenvalue weighted by molar-refractivity contribution is 0.103. The molecule has 4 nitrogen and oxygen atoms in total. The van der Waals surface area contributed by atoms with E-state index in [1.165, 1.54) is 0 Å². The van der Waals surface area contributed by atoms with Crippen LogP contribution in [0.15, 0.2) is 35.2 Å². The molecule has 0 aliphatic heterocycles. The molecule has 1 aromatic carbocycles. The maximum Gasteiger partial charge on any atom is 0.216 e. The zero-order valence-corrected chi connectivity index (χ0v) is 16.2. The zero-order valence-electron chi connectivity index (χ0n) is 14.7. The van der Waals surface area contributed by atoms with Crippen LogP contribution in [-0.4, -0.2) is 37.3 Å². The van der Waals surface area contributed by atoms with Crippen molar-refractivity contribution in [2.75, 3.05) is 26.6 Å².